The van der Waals surface area contributed by atoms with Crippen molar-refractivity contribution in [3.63, 3.8) is 0 Å². The highest BCUT2D eigenvalue weighted by Gasteiger charge is 2.07. The number of hydrogen-bond donors (Lipinski definition) is 2. The number of pyridine rings is 2. The summed E-state index contributed by atoms with van der Waals surface area (Å²) in [6, 6.07) is 5.72. The smallest absolute Gasteiger partial charge is 0.241 e. The van der Waals surface area contributed by atoms with Crippen molar-refractivity contribution in [1.29, 1.82) is 0 Å². The van der Waals surface area contributed by atoms with Gasteiger partial charge in [-0.15, -0.1) is 0 Å². The zero-order valence-electron chi connectivity index (χ0n) is 11.9. The Kier molecular flexibility index (Phi) is 3.57. The fraction of sp³-hybridized carbons (Fsp3) is 0.0625. The zero-order chi connectivity index (χ0) is 15.5. The number of nitrogens with zero attached hydrogens (tertiary/aromatic N) is 2. The normalized spacial score (nSPS) is 11.1. The number of amides is 1. The van der Waals surface area contributed by atoms with E-state index in [0.717, 1.165) is 27.7 Å². The molecule has 3 heterocycles. The summed E-state index contributed by atoms with van der Waals surface area (Å²) < 4.78 is 5.14. The lowest BCUT2D eigenvalue weighted by Crippen LogP contribution is -2.04. The third-order valence-electron chi connectivity index (χ3n) is 3.27. The quantitative estimate of drug-likeness (QED) is 0.721. The summed E-state index contributed by atoms with van der Waals surface area (Å²) in [6.45, 7) is 0. The number of aromatic amines is 1. The molecule has 0 fully saturated rings. The highest BCUT2D eigenvalue weighted by Crippen LogP contribution is 2.26. The van der Waals surface area contributed by atoms with E-state index in [0.29, 0.717) is 5.88 Å². The van der Waals surface area contributed by atoms with E-state index in [1.165, 1.54) is 6.08 Å². The lowest BCUT2D eigenvalue weighted by Gasteiger charge is -2.04. The first kappa shape index (κ1) is 13.8. The second-order valence-corrected chi connectivity index (χ2v) is 4.69. The monoisotopic (exact) mass is 294 g/mol. The first-order chi connectivity index (χ1) is 10.7. The van der Waals surface area contributed by atoms with Crippen molar-refractivity contribution in [3.05, 3.63) is 48.4 Å². The molecule has 0 bridgehead atoms. The van der Waals surface area contributed by atoms with Crippen LogP contribution in [0.4, 0.5) is 0 Å². The number of ether oxygens (including phenoxy) is 1. The Balaban J connectivity index is 2.08. The summed E-state index contributed by atoms with van der Waals surface area (Å²) in [7, 11) is 1.58. The molecule has 0 spiro atoms. The minimum Gasteiger partial charge on any atom is -0.481 e. The summed E-state index contributed by atoms with van der Waals surface area (Å²) in [4.78, 5) is 22.4. The maximum Gasteiger partial charge on any atom is 0.241 e. The van der Waals surface area contributed by atoms with Crippen LogP contribution in [-0.2, 0) is 4.79 Å². The number of carbonyl (C=O) groups excluding carboxylic acids is 1. The maximum atomic E-state index is 10.9. The van der Waals surface area contributed by atoms with Gasteiger partial charge in [0.25, 0.3) is 0 Å². The molecule has 0 radical (unpaired) electrons. The maximum absolute atomic E-state index is 10.9. The van der Waals surface area contributed by atoms with E-state index >= 15 is 0 Å². The summed E-state index contributed by atoms with van der Waals surface area (Å²) in [5, 5.41) is 0.908. The number of nitrogens with one attached hydrogen (secondary N) is 1. The molecule has 0 saturated heterocycles. The molecule has 3 rings (SSSR count). The van der Waals surface area contributed by atoms with Gasteiger partial charge < -0.3 is 15.5 Å². The molecule has 0 unspecified atom stereocenters. The number of primary amides is 1. The Morgan fingerprint density at radius 2 is 2.18 bits per heavy atom. The number of aromatic nitrogens is 3. The molecular weight excluding hydrogens is 280 g/mol. The van der Waals surface area contributed by atoms with E-state index in [1.54, 1.807) is 31.8 Å². The largest absolute Gasteiger partial charge is 0.481 e. The molecule has 0 aliphatic rings. The van der Waals surface area contributed by atoms with E-state index < -0.39 is 5.91 Å². The van der Waals surface area contributed by atoms with Gasteiger partial charge in [0.2, 0.25) is 11.8 Å². The van der Waals surface area contributed by atoms with Crippen LogP contribution in [0.3, 0.4) is 0 Å². The molecule has 6 heteroatoms. The number of carbonyl (C=O) groups is 1. The summed E-state index contributed by atoms with van der Waals surface area (Å²) >= 11 is 0. The highest BCUT2D eigenvalue weighted by atomic mass is 16.5. The van der Waals surface area contributed by atoms with Gasteiger partial charge in [0, 0.05) is 47.2 Å². The molecule has 0 aliphatic heterocycles. The Labute approximate surface area is 126 Å². The van der Waals surface area contributed by atoms with Crippen LogP contribution in [-0.4, -0.2) is 28.0 Å². The molecule has 0 saturated carbocycles. The van der Waals surface area contributed by atoms with Crippen LogP contribution in [0.1, 0.15) is 5.56 Å². The van der Waals surface area contributed by atoms with Crippen molar-refractivity contribution < 1.29 is 9.53 Å². The van der Waals surface area contributed by atoms with Gasteiger partial charge in [0.05, 0.1) is 7.11 Å². The Bertz CT molecular complexity index is 867. The van der Waals surface area contributed by atoms with E-state index in [1.807, 2.05) is 18.2 Å². The van der Waals surface area contributed by atoms with Crippen LogP contribution in [0.25, 0.3) is 28.2 Å². The first-order valence-electron chi connectivity index (χ1n) is 6.62. The molecule has 3 N–H and O–H groups in total. The second kappa shape index (κ2) is 5.69. The lowest BCUT2D eigenvalue weighted by atomic mass is 10.1. The average molecular weight is 294 g/mol. The number of rotatable bonds is 4. The van der Waals surface area contributed by atoms with Gasteiger partial charge in [0.1, 0.15) is 5.65 Å². The standard InChI is InChI=1S/C16H14N4O2/c1-22-15-7-10(4-5-18-15)12-6-13-11(2-3-14(17)21)8-19-16(13)20-9-12/h2-9H,1H3,(H2,17,21)(H,19,20)/b3-2+. The number of hydrogen-bond acceptors (Lipinski definition) is 4. The topological polar surface area (TPSA) is 93.9 Å². The number of fused-ring (bicyclic) bond motifs is 1. The van der Waals surface area contributed by atoms with Crippen molar-refractivity contribution in [2.24, 2.45) is 5.73 Å². The Hall–Kier alpha value is -3.15. The van der Waals surface area contributed by atoms with Gasteiger partial charge in [-0.2, -0.15) is 0 Å². The molecule has 3 aromatic rings. The molecular formula is C16H14N4O2. The van der Waals surface area contributed by atoms with E-state index in [2.05, 4.69) is 15.0 Å². The van der Waals surface area contributed by atoms with Crippen molar-refractivity contribution in [1.82, 2.24) is 15.0 Å². The molecule has 6 nitrogen and oxygen atoms in total. The third-order valence-corrected chi connectivity index (χ3v) is 3.27. The van der Waals surface area contributed by atoms with E-state index in [9.17, 15) is 4.79 Å². The number of methoxy groups -OCH3 is 1. The van der Waals surface area contributed by atoms with Gasteiger partial charge in [-0.05, 0) is 23.8 Å². The second-order valence-electron chi connectivity index (χ2n) is 4.69. The number of nitrogens with two attached hydrogens (primary N) is 1. The van der Waals surface area contributed by atoms with Crippen LogP contribution in [0, 0.1) is 0 Å². The zero-order valence-corrected chi connectivity index (χ0v) is 11.9. The SMILES string of the molecule is COc1cc(-c2cnc3[nH]cc(/C=C/C(N)=O)c3c2)ccn1. The van der Waals surface area contributed by atoms with Crippen molar-refractivity contribution >= 4 is 23.0 Å². The fourth-order valence-electron chi connectivity index (χ4n) is 2.19. The minimum absolute atomic E-state index is 0.489. The van der Waals surface area contributed by atoms with E-state index in [4.69, 9.17) is 10.5 Å². The molecule has 0 aliphatic carbocycles. The molecule has 0 aromatic carbocycles. The summed E-state index contributed by atoms with van der Waals surface area (Å²) in [5.41, 5.74) is 8.61. The summed E-state index contributed by atoms with van der Waals surface area (Å²) in [6.07, 6.45) is 8.23. The predicted molar refractivity (Wildman–Crippen MR) is 84.1 cm³/mol. The van der Waals surface area contributed by atoms with Crippen molar-refractivity contribution in [3.8, 4) is 17.0 Å². The van der Waals surface area contributed by atoms with Gasteiger partial charge in [-0.25, -0.2) is 9.97 Å². The van der Waals surface area contributed by atoms with E-state index in [-0.39, 0.29) is 0 Å². The van der Waals surface area contributed by atoms with Gasteiger partial charge in [0.15, 0.2) is 0 Å². The average Bonchev–Trinajstić information content (AvgIpc) is 2.95. The molecule has 0 atom stereocenters. The molecule has 1 amide bonds. The Morgan fingerprint density at radius 1 is 1.32 bits per heavy atom. The third kappa shape index (κ3) is 2.67. The first-order valence-corrected chi connectivity index (χ1v) is 6.62. The van der Waals surface area contributed by atoms with Gasteiger partial charge >= 0.3 is 0 Å². The fourth-order valence-corrected chi connectivity index (χ4v) is 2.19. The van der Waals surface area contributed by atoms with Crippen molar-refractivity contribution in [2.45, 2.75) is 0 Å². The van der Waals surface area contributed by atoms with Crippen LogP contribution in [0.5, 0.6) is 5.88 Å². The van der Waals surface area contributed by atoms with Crippen molar-refractivity contribution in [2.75, 3.05) is 7.11 Å². The van der Waals surface area contributed by atoms with Gasteiger partial charge in [-0.1, -0.05) is 0 Å². The van der Waals surface area contributed by atoms with Crippen LogP contribution >= 0.6 is 0 Å². The van der Waals surface area contributed by atoms with Crippen LogP contribution in [0.2, 0.25) is 0 Å². The van der Waals surface area contributed by atoms with Gasteiger partial charge in [-0.3, -0.25) is 4.79 Å². The minimum atomic E-state index is -0.489. The molecule has 3 aromatic heterocycles. The molecule has 22 heavy (non-hydrogen) atoms. The Morgan fingerprint density at radius 3 is 2.95 bits per heavy atom. The van der Waals surface area contributed by atoms with Crippen LogP contribution in [0.15, 0.2) is 42.9 Å². The predicted octanol–water partition coefficient (Wildman–Crippen LogP) is 2.13. The number of H-pyrrole nitrogens is 1. The summed E-state index contributed by atoms with van der Waals surface area (Å²) in [5.74, 6) is 0.0536. The molecule has 110 valence electrons. The van der Waals surface area contributed by atoms with Crippen LogP contribution < -0.4 is 10.5 Å². The highest BCUT2D eigenvalue weighted by molar-refractivity contribution is 5.95. The lowest BCUT2D eigenvalue weighted by molar-refractivity contribution is -0.113.